The molecule has 1 aromatic heterocycles. The molecule has 4 rings (SSSR count). The highest BCUT2D eigenvalue weighted by Crippen LogP contribution is 2.48. The van der Waals surface area contributed by atoms with Crippen LogP contribution >= 0.6 is 0 Å². The van der Waals surface area contributed by atoms with Crippen LogP contribution < -0.4 is 10.4 Å². The van der Waals surface area contributed by atoms with Gasteiger partial charge in [0.15, 0.2) is 5.60 Å². The molecule has 5 nitrogen and oxygen atoms in total. The zero-order chi connectivity index (χ0) is 16.1. The van der Waals surface area contributed by atoms with E-state index in [1.54, 1.807) is 6.26 Å². The monoisotopic (exact) mass is 312 g/mol. The molecule has 0 aliphatic carbocycles. The van der Waals surface area contributed by atoms with Crippen LogP contribution in [0.15, 0.2) is 53.1 Å². The number of amides is 1. The van der Waals surface area contributed by atoms with Gasteiger partial charge in [-0.2, -0.15) is 0 Å². The Morgan fingerprint density at radius 2 is 1.96 bits per heavy atom. The van der Waals surface area contributed by atoms with Crippen LogP contribution in [0.25, 0.3) is 0 Å². The third kappa shape index (κ3) is 2.32. The lowest BCUT2D eigenvalue weighted by Gasteiger charge is -2.25. The van der Waals surface area contributed by atoms with Crippen molar-refractivity contribution < 1.29 is 14.0 Å². The number of hydrogen-bond acceptors (Lipinski definition) is 4. The van der Waals surface area contributed by atoms with Crippen LogP contribution in [0.2, 0.25) is 0 Å². The quantitative estimate of drug-likeness (QED) is 0.925. The summed E-state index contributed by atoms with van der Waals surface area (Å²) in [6, 6.07) is 13.5. The van der Waals surface area contributed by atoms with Crippen LogP contribution in [0.5, 0.6) is 0 Å². The zero-order valence-corrected chi connectivity index (χ0v) is 13.3. The fraction of sp³-hybridized carbons (Fsp3) is 0.389. The van der Waals surface area contributed by atoms with Gasteiger partial charge in [-0.05, 0) is 38.1 Å². The largest absolute Gasteiger partial charge is 0.467 e. The summed E-state index contributed by atoms with van der Waals surface area (Å²) < 4.78 is 5.61. The van der Waals surface area contributed by atoms with Crippen LogP contribution in [0.3, 0.4) is 0 Å². The lowest BCUT2D eigenvalue weighted by molar-refractivity contribution is -0.137. The van der Waals surface area contributed by atoms with Gasteiger partial charge < -0.3 is 9.73 Å². The molecule has 2 saturated heterocycles. The molecule has 2 fully saturated rings. The van der Waals surface area contributed by atoms with Crippen molar-refractivity contribution in [1.82, 2.24) is 5.32 Å². The number of nitrogens with zero attached hydrogens (tertiary/aromatic N) is 1. The van der Waals surface area contributed by atoms with E-state index in [-0.39, 0.29) is 17.5 Å². The Morgan fingerprint density at radius 1 is 1.17 bits per heavy atom. The number of hydroxylamine groups is 1. The number of carbonyl (C=O) groups is 1. The molecule has 1 aromatic carbocycles. The van der Waals surface area contributed by atoms with E-state index < -0.39 is 5.60 Å². The number of carbonyl (C=O) groups excluding carboxylic acids is 1. The van der Waals surface area contributed by atoms with E-state index in [9.17, 15) is 4.79 Å². The highest BCUT2D eigenvalue weighted by Gasteiger charge is 2.59. The Balaban J connectivity index is 1.74. The van der Waals surface area contributed by atoms with Crippen LogP contribution in [0.1, 0.15) is 38.5 Å². The molecule has 0 bridgehead atoms. The molecule has 0 saturated carbocycles. The van der Waals surface area contributed by atoms with Gasteiger partial charge in [0.1, 0.15) is 11.8 Å². The summed E-state index contributed by atoms with van der Waals surface area (Å²) in [4.78, 5) is 18.9. The molecule has 23 heavy (non-hydrogen) atoms. The summed E-state index contributed by atoms with van der Waals surface area (Å²) in [6.07, 6.45) is 2.87. The molecule has 0 unspecified atom stereocenters. The van der Waals surface area contributed by atoms with E-state index in [1.807, 2.05) is 61.4 Å². The number of furan rings is 1. The molecule has 120 valence electrons. The first-order chi connectivity index (χ1) is 11.0. The van der Waals surface area contributed by atoms with Gasteiger partial charge in [0.2, 0.25) is 0 Å². The lowest BCUT2D eigenvalue weighted by Crippen LogP contribution is -2.39. The number of benzene rings is 1. The number of rotatable bonds is 2. The van der Waals surface area contributed by atoms with Crippen LogP contribution in [0.4, 0.5) is 5.69 Å². The molecule has 1 amide bonds. The van der Waals surface area contributed by atoms with Gasteiger partial charge in [0, 0.05) is 18.4 Å². The second-order valence-electron chi connectivity index (χ2n) is 7.00. The molecule has 3 heterocycles. The summed E-state index contributed by atoms with van der Waals surface area (Å²) in [5.74, 6) is 0.765. The summed E-state index contributed by atoms with van der Waals surface area (Å²) in [6.45, 7) is 4.05. The van der Waals surface area contributed by atoms with Crippen molar-refractivity contribution in [2.75, 3.05) is 5.06 Å². The molecular formula is C18H20N2O3. The zero-order valence-electron chi connectivity index (χ0n) is 13.3. The molecule has 2 aliphatic heterocycles. The van der Waals surface area contributed by atoms with Gasteiger partial charge in [-0.15, -0.1) is 0 Å². The maximum atomic E-state index is 12.6. The minimum Gasteiger partial charge on any atom is -0.467 e. The van der Waals surface area contributed by atoms with Crippen molar-refractivity contribution in [3.05, 3.63) is 54.5 Å². The molecule has 5 heteroatoms. The molecule has 2 atom stereocenters. The highest BCUT2D eigenvalue weighted by atomic mass is 16.7. The average Bonchev–Trinajstić information content (AvgIpc) is 3.19. The minimum atomic E-state index is -0.837. The molecule has 2 aromatic rings. The lowest BCUT2D eigenvalue weighted by atomic mass is 9.88. The summed E-state index contributed by atoms with van der Waals surface area (Å²) >= 11 is 0. The van der Waals surface area contributed by atoms with E-state index in [0.29, 0.717) is 12.8 Å². The Labute approximate surface area is 135 Å². The fourth-order valence-electron chi connectivity index (χ4n) is 3.69. The van der Waals surface area contributed by atoms with Crippen molar-refractivity contribution in [3.63, 3.8) is 0 Å². The van der Waals surface area contributed by atoms with Gasteiger partial charge in [-0.25, -0.2) is 5.06 Å². The Bertz CT molecular complexity index is 711. The van der Waals surface area contributed by atoms with Gasteiger partial charge >= 0.3 is 0 Å². The maximum absolute atomic E-state index is 12.6. The predicted molar refractivity (Wildman–Crippen MR) is 85.6 cm³/mol. The van der Waals surface area contributed by atoms with Crippen molar-refractivity contribution in [1.29, 1.82) is 0 Å². The van der Waals surface area contributed by atoms with E-state index in [1.165, 1.54) is 0 Å². The first-order valence-corrected chi connectivity index (χ1v) is 7.89. The number of para-hydroxylation sites is 1. The summed E-state index contributed by atoms with van der Waals surface area (Å²) in [7, 11) is 0. The third-order valence-electron chi connectivity index (χ3n) is 4.55. The molecule has 1 spiro atoms. The van der Waals surface area contributed by atoms with Crippen LogP contribution in [-0.2, 0) is 9.63 Å². The normalized spacial score (nSPS) is 29.2. The standard InChI is InChI=1S/C18H20N2O3/c1-17(2)12-18(16(21)19-17)11-14(15-9-6-10-22-15)20(23-18)13-7-4-3-5-8-13/h3-10,14H,11-12H2,1-2H3,(H,19,21)/t14-,18+/m1/s1. The van der Waals surface area contributed by atoms with Crippen molar-refractivity contribution in [2.24, 2.45) is 0 Å². The maximum Gasteiger partial charge on any atom is 0.255 e. The molecule has 1 N–H and O–H groups in total. The number of hydrogen-bond donors (Lipinski definition) is 1. The predicted octanol–water partition coefficient (Wildman–Crippen LogP) is 3.20. The Kier molecular flexibility index (Phi) is 3.03. The third-order valence-corrected chi connectivity index (χ3v) is 4.55. The van der Waals surface area contributed by atoms with Crippen molar-refractivity contribution in [2.45, 2.75) is 43.9 Å². The SMILES string of the molecule is CC1(C)C[C@@]2(C[C@H](c3ccco3)N(c3ccccc3)O2)C(=O)N1. The van der Waals surface area contributed by atoms with Crippen LogP contribution in [0, 0.1) is 0 Å². The van der Waals surface area contributed by atoms with Crippen molar-refractivity contribution in [3.8, 4) is 0 Å². The number of anilines is 1. The van der Waals surface area contributed by atoms with E-state index in [4.69, 9.17) is 9.25 Å². The van der Waals surface area contributed by atoms with Gasteiger partial charge in [0.25, 0.3) is 5.91 Å². The first-order valence-electron chi connectivity index (χ1n) is 7.89. The number of nitrogens with one attached hydrogen (secondary N) is 1. The molecular weight excluding hydrogens is 292 g/mol. The second kappa shape index (κ2) is 4.86. The smallest absolute Gasteiger partial charge is 0.255 e. The average molecular weight is 312 g/mol. The first kappa shape index (κ1) is 14.3. The van der Waals surface area contributed by atoms with Gasteiger partial charge in [0.05, 0.1) is 12.0 Å². The molecule has 0 radical (unpaired) electrons. The Morgan fingerprint density at radius 3 is 2.57 bits per heavy atom. The van der Waals surface area contributed by atoms with E-state index in [0.717, 1.165) is 11.4 Å². The fourth-order valence-corrected chi connectivity index (χ4v) is 3.69. The second-order valence-corrected chi connectivity index (χ2v) is 7.00. The summed E-state index contributed by atoms with van der Waals surface area (Å²) in [5, 5.41) is 4.86. The van der Waals surface area contributed by atoms with E-state index >= 15 is 0 Å². The van der Waals surface area contributed by atoms with Gasteiger partial charge in [-0.3, -0.25) is 9.63 Å². The minimum absolute atomic E-state index is 0.0440. The Hall–Kier alpha value is -2.27. The summed E-state index contributed by atoms with van der Waals surface area (Å²) in [5.41, 5.74) is -0.183. The highest BCUT2D eigenvalue weighted by molar-refractivity contribution is 5.89. The van der Waals surface area contributed by atoms with Crippen LogP contribution in [-0.4, -0.2) is 17.0 Å². The van der Waals surface area contributed by atoms with Crippen molar-refractivity contribution >= 4 is 11.6 Å². The van der Waals surface area contributed by atoms with E-state index in [2.05, 4.69) is 5.32 Å². The molecule has 2 aliphatic rings. The topological polar surface area (TPSA) is 54.7 Å². The van der Waals surface area contributed by atoms with Gasteiger partial charge in [-0.1, -0.05) is 18.2 Å².